The van der Waals surface area contributed by atoms with Crippen molar-refractivity contribution in [3.8, 4) is 0 Å². The molecule has 0 aromatic heterocycles. The monoisotopic (exact) mass is 380 g/mol. The van der Waals surface area contributed by atoms with Crippen LogP contribution in [0, 0.1) is 26.0 Å². The van der Waals surface area contributed by atoms with Crippen molar-refractivity contribution in [1.82, 2.24) is 0 Å². The molecule has 0 radical (unpaired) electrons. The summed E-state index contributed by atoms with van der Waals surface area (Å²) in [7, 11) is 0. The number of benzene rings is 1. The number of anilines is 3. The van der Waals surface area contributed by atoms with Gasteiger partial charge in [0.1, 0.15) is 11.4 Å². The van der Waals surface area contributed by atoms with Gasteiger partial charge in [0.25, 0.3) is 0 Å². The highest BCUT2D eigenvalue weighted by Gasteiger charge is 2.18. The minimum Gasteiger partial charge on any atom is -0.769 e. The Labute approximate surface area is 150 Å². The van der Waals surface area contributed by atoms with E-state index in [2.05, 4.69) is 0 Å². The van der Waals surface area contributed by atoms with Crippen LogP contribution >= 0.6 is 0 Å². The van der Waals surface area contributed by atoms with Crippen LogP contribution in [0.25, 0.3) is 0 Å². The summed E-state index contributed by atoms with van der Waals surface area (Å²) < 4.78 is 0. The third-order valence-corrected chi connectivity index (χ3v) is 3.58. The van der Waals surface area contributed by atoms with Crippen molar-refractivity contribution in [2.24, 2.45) is 0 Å². The van der Waals surface area contributed by atoms with Gasteiger partial charge in [0, 0.05) is 35.4 Å². The Balaban J connectivity index is 2.52. The molecule has 1 aliphatic carbocycles. The molecule has 0 fully saturated rings. The first-order valence-electron chi connectivity index (χ1n) is 7.06. The SMILES string of the molecule is [O-]N([O-])c1cc(N([O-])O)c(CC(O)=C2C=CC(=[N+]([O-])[O-])C=C2)c(N(O)O)c1. The first kappa shape index (κ1) is 20.0. The van der Waals surface area contributed by atoms with Crippen LogP contribution in [0.15, 0.2) is 47.8 Å². The summed E-state index contributed by atoms with van der Waals surface area (Å²) in [5, 5.41) is 90.3. The molecule has 27 heavy (non-hydrogen) atoms. The number of hydrogen-bond acceptors (Lipinski definition) is 12. The Hall–Kier alpha value is -3.33. The van der Waals surface area contributed by atoms with Crippen molar-refractivity contribution < 1.29 is 25.6 Å². The number of nitrogens with zero attached hydrogens (tertiary/aromatic N) is 4. The van der Waals surface area contributed by atoms with Gasteiger partial charge in [0.05, 0.1) is 5.69 Å². The molecule has 0 saturated heterocycles. The lowest BCUT2D eigenvalue weighted by Gasteiger charge is -2.39. The van der Waals surface area contributed by atoms with Gasteiger partial charge in [-0.1, -0.05) is 0 Å². The standard InChI is InChI=1S/C14H12N4O9/c19-14(8-1-3-9(4-2-8)15(20)21)7-11-12(17(24)25)5-10(16(22)23)6-13(11)18(26)27/h1-6,24-26H,7H2,(H-,19,20,21)/q-4. The molecule has 0 spiro atoms. The van der Waals surface area contributed by atoms with E-state index in [0.29, 0.717) is 12.1 Å². The van der Waals surface area contributed by atoms with E-state index >= 15 is 0 Å². The highest BCUT2D eigenvalue weighted by Crippen LogP contribution is 2.36. The summed E-state index contributed by atoms with van der Waals surface area (Å²) in [5.74, 6) is -0.454. The van der Waals surface area contributed by atoms with Crippen molar-refractivity contribution in [2.75, 3.05) is 15.7 Å². The third-order valence-electron chi connectivity index (χ3n) is 3.58. The van der Waals surface area contributed by atoms with E-state index in [1.54, 1.807) is 0 Å². The van der Waals surface area contributed by atoms with Gasteiger partial charge in [-0.25, -0.2) is 0 Å². The highest BCUT2D eigenvalue weighted by atomic mass is 16.8. The smallest absolute Gasteiger partial charge is 0.222 e. The summed E-state index contributed by atoms with van der Waals surface area (Å²) >= 11 is 0. The average Bonchev–Trinajstić information content (AvgIpc) is 2.61. The molecule has 0 amide bonds. The van der Waals surface area contributed by atoms with E-state index in [4.69, 9.17) is 0 Å². The van der Waals surface area contributed by atoms with Crippen molar-refractivity contribution >= 4 is 22.8 Å². The first-order valence-corrected chi connectivity index (χ1v) is 7.06. The molecule has 1 aromatic carbocycles. The molecular weight excluding hydrogens is 368 g/mol. The van der Waals surface area contributed by atoms with Gasteiger partial charge >= 0.3 is 0 Å². The minimum atomic E-state index is -0.927. The van der Waals surface area contributed by atoms with Crippen molar-refractivity contribution in [3.63, 3.8) is 0 Å². The molecular formula is C14H12N4O9-4. The van der Waals surface area contributed by atoms with Gasteiger partial charge in [-0.15, -0.1) is 5.23 Å². The van der Waals surface area contributed by atoms with Crippen molar-refractivity contribution in [1.29, 1.82) is 0 Å². The van der Waals surface area contributed by atoms with Crippen LogP contribution in [0.3, 0.4) is 0 Å². The topological polar surface area (TPSA) is 209 Å². The fourth-order valence-corrected chi connectivity index (χ4v) is 2.31. The fourth-order valence-electron chi connectivity index (χ4n) is 2.31. The largest absolute Gasteiger partial charge is 0.769 e. The normalized spacial score (nSPS) is 13.0. The quantitative estimate of drug-likeness (QED) is 0.326. The van der Waals surface area contributed by atoms with E-state index in [-0.39, 0.29) is 16.8 Å². The Bertz CT molecular complexity index is 792. The van der Waals surface area contributed by atoms with Crippen LogP contribution in [0.1, 0.15) is 5.56 Å². The Morgan fingerprint density at radius 1 is 0.926 bits per heavy atom. The molecule has 1 aromatic rings. The zero-order valence-electron chi connectivity index (χ0n) is 13.3. The predicted molar refractivity (Wildman–Crippen MR) is 93.0 cm³/mol. The van der Waals surface area contributed by atoms with Gasteiger partial charge in [0.2, 0.25) is 5.71 Å². The molecule has 0 saturated carbocycles. The molecule has 4 N–H and O–H groups in total. The third kappa shape index (κ3) is 4.45. The summed E-state index contributed by atoms with van der Waals surface area (Å²) in [6.07, 6.45) is 4.08. The summed E-state index contributed by atoms with van der Waals surface area (Å²) in [6.45, 7) is 0. The summed E-state index contributed by atoms with van der Waals surface area (Å²) in [5.41, 5.74) is -2.54. The molecule has 2 rings (SSSR count). The molecule has 13 heteroatoms. The van der Waals surface area contributed by atoms with Crippen LogP contribution in [0.5, 0.6) is 0 Å². The maximum Gasteiger partial charge on any atom is 0.222 e. The predicted octanol–water partition coefficient (Wildman–Crippen LogP) is 1.70. The number of allylic oxidation sites excluding steroid dienone is 6. The molecule has 0 bridgehead atoms. The molecule has 0 atom stereocenters. The lowest BCUT2D eigenvalue weighted by Crippen LogP contribution is -2.19. The van der Waals surface area contributed by atoms with Gasteiger partial charge in [-0.3, -0.25) is 15.6 Å². The second kappa shape index (κ2) is 7.92. The Kier molecular flexibility index (Phi) is 5.86. The van der Waals surface area contributed by atoms with Crippen LogP contribution in [-0.2, 0) is 6.42 Å². The number of aliphatic hydroxyl groups is 1. The zero-order valence-corrected chi connectivity index (χ0v) is 13.3. The summed E-state index contributed by atoms with van der Waals surface area (Å²) in [6, 6.07) is 1.39. The van der Waals surface area contributed by atoms with Gasteiger partial charge < -0.3 is 41.6 Å². The first-order chi connectivity index (χ1) is 12.6. The lowest BCUT2D eigenvalue weighted by atomic mass is 10.00. The van der Waals surface area contributed by atoms with Crippen LogP contribution in [0.4, 0.5) is 17.1 Å². The molecule has 1 aliphatic rings. The Morgan fingerprint density at radius 3 is 1.93 bits per heavy atom. The van der Waals surface area contributed by atoms with E-state index in [0.717, 1.165) is 12.2 Å². The average molecular weight is 380 g/mol. The molecule has 0 aliphatic heterocycles. The second-order valence-corrected chi connectivity index (χ2v) is 5.21. The van der Waals surface area contributed by atoms with E-state index in [1.165, 1.54) is 12.2 Å². The van der Waals surface area contributed by atoms with E-state index in [9.17, 15) is 46.8 Å². The zero-order chi connectivity index (χ0) is 20.3. The maximum atomic E-state index is 11.4. The highest BCUT2D eigenvalue weighted by molar-refractivity contribution is 6.02. The lowest BCUT2D eigenvalue weighted by molar-refractivity contribution is -0.377. The van der Waals surface area contributed by atoms with Crippen LogP contribution < -0.4 is 15.7 Å². The van der Waals surface area contributed by atoms with Crippen molar-refractivity contribution in [3.05, 3.63) is 79.4 Å². The van der Waals surface area contributed by atoms with Crippen LogP contribution in [-0.4, -0.2) is 31.3 Å². The molecule has 0 unspecified atom stereocenters. The van der Waals surface area contributed by atoms with Gasteiger partial charge in [-0.05, 0) is 24.3 Å². The van der Waals surface area contributed by atoms with Gasteiger partial charge in [0.15, 0.2) is 0 Å². The Morgan fingerprint density at radius 2 is 1.48 bits per heavy atom. The molecule has 146 valence electrons. The fraction of sp³-hybridized carbons (Fsp3) is 0.0714. The van der Waals surface area contributed by atoms with E-state index in [1.807, 2.05) is 0 Å². The summed E-state index contributed by atoms with van der Waals surface area (Å²) in [4.78, 5) is -0.649. The van der Waals surface area contributed by atoms with Gasteiger partial charge in [-0.2, -0.15) is 4.90 Å². The van der Waals surface area contributed by atoms with Crippen molar-refractivity contribution in [2.45, 2.75) is 6.42 Å². The molecule has 13 nitrogen and oxygen atoms in total. The maximum absolute atomic E-state index is 11.4. The number of aliphatic hydroxyl groups excluding tert-OH is 1. The number of hydrogen-bond donors (Lipinski definition) is 4. The van der Waals surface area contributed by atoms with Crippen LogP contribution in [0.2, 0.25) is 0 Å². The van der Waals surface area contributed by atoms with E-state index < -0.39 is 49.8 Å². The second-order valence-electron chi connectivity index (χ2n) is 5.21. The molecule has 0 heterocycles. The minimum absolute atomic E-state index is 0.105. The number of rotatable bonds is 5.